The molecule has 2 heterocycles. The van der Waals surface area contributed by atoms with Crippen molar-refractivity contribution in [2.45, 2.75) is 32.4 Å². The van der Waals surface area contributed by atoms with E-state index in [1.54, 1.807) is 24.3 Å². The number of ether oxygens (including phenoxy) is 1. The van der Waals surface area contributed by atoms with Crippen LogP contribution in [0.2, 0.25) is 5.02 Å². The Morgan fingerprint density at radius 2 is 2.03 bits per heavy atom. The lowest BCUT2D eigenvalue weighted by atomic mass is 9.99. The molecule has 0 saturated heterocycles. The van der Waals surface area contributed by atoms with Crippen molar-refractivity contribution in [2.75, 3.05) is 13.7 Å². The van der Waals surface area contributed by atoms with Crippen LogP contribution in [-0.2, 0) is 16.1 Å². The molecule has 2 aromatic rings. The predicted molar refractivity (Wildman–Crippen MR) is 107 cm³/mol. The summed E-state index contributed by atoms with van der Waals surface area (Å²) < 4.78 is 6.02. The minimum Gasteiger partial charge on any atom is -0.494 e. The third-order valence-electron chi connectivity index (χ3n) is 4.68. The van der Waals surface area contributed by atoms with Gasteiger partial charge in [-0.2, -0.15) is 5.10 Å². The van der Waals surface area contributed by atoms with Crippen LogP contribution < -0.4 is 11.2 Å². The molecule has 0 bridgehead atoms. The quantitative estimate of drug-likeness (QED) is 0.689. The number of hydrogen-bond acceptors (Lipinski definition) is 6. The SMILES string of the molecule is COCCCn1c(O)c(C2=NN(C(C)=O)[C@H](c3ccc(Cl)cc3)C2)c(=O)[nH]c1=O. The molecule has 154 valence electrons. The number of rotatable bonds is 6. The van der Waals surface area contributed by atoms with Gasteiger partial charge in [0.25, 0.3) is 5.56 Å². The molecular weight excluding hydrogens is 400 g/mol. The number of H-pyrrole nitrogens is 1. The van der Waals surface area contributed by atoms with E-state index < -0.39 is 23.2 Å². The smallest absolute Gasteiger partial charge is 0.331 e. The third-order valence-corrected chi connectivity index (χ3v) is 4.93. The van der Waals surface area contributed by atoms with Gasteiger partial charge in [-0.1, -0.05) is 23.7 Å². The molecular formula is C19H21ClN4O5. The second-order valence-corrected chi connectivity index (χ2v) is 7.07. The van der Waals surface area contributed by atoms with Crippen molar-refractivity contribution in [2.24, 2.45) is 5.10 Å². The van der Waals surface area contributed by atoms with Crippen LogP contribution in [0.25, 0.3) is 0 Å². The van der Waals surface area contributed by atoms with Crippen LogP contribution in [0.4, 0.5) is 0 Å². The Morgan fingerprint density at radius 1 is 1.34 bits per heavy atom. The van der Waals surface area contributed by atoms with Crippen LogP contribution >= 0.6 is 11.6 Å². The largest absolute Gasteiger partial charge is 0.494 e. The van der Waals surface area contributed by atoms with E-state index in [-0.39, 0.29) is 30.1 Å². The second-order valence-electron chi connectivity index (χ2n) is 6.64. The lowest BCUT2D eigenvalue weighted by Crippen LogP contribution is -2.34. The zero-order chi connectivity index (χ0) is 21.1. The van der Waals surface area contributed by atoms with E-state index in [1.807, 2.05) is 0 Å². The van der Waals surface area contributed by atoms with Crippen molar-refractivity contribution in [1.29, 1.82) is 0 Å². The maximum absolute atomic E-state index is 12.4. The van der Waals surface area contributed by atoms with E-state index in [4.69, 9.17) is 16.3 Å². The summed E-state index contributed by atoms with van der Waals surface area (Å²) in [6.07, 6.45) is 0.670. The third kappa shape index (κ3) is 4.25. The van der Waals surface area contributed by atoms with Crippen LogP contribution in [0.5, 0.6) is 5.88 Å². The molecule has 1 atom stereocenters. The van der Waals surface area contributed by atoms with Crippen molar-refractivity contribution in [1.82, 2.24) is 14.6 Å². The number of methoxy groups -OCH3 is 1. The van der Waals surface area contributed by atoms with Crippen LogP contribution in [0, 0.1) is 0 Å². The number of amides is 1. The highest BCUT2D eigenvalue weighted by Gasteiger charge is 2.34. The molecule has 1 aromatic carbocycles. The van der Waals surface area contributed by atoms with Crippen molar-refractivity contribution in [3.8, 4) is 5.88 Å². The first-order chi connectivity index (χ1) is 13.8. The summed E-state index contributed by atoms with van der Waals surface area (Å²) in [4.78, 5) is 38.9. The number of aromatic amines is 1. The Kier molecular flexibility index (Phi) is 6.19. The number of benzene rings is 1. The standard InChI is InChI=1S/C19H21ClN4O5/c1-11(25)24-15(12-4-6-13(20)7-5-12)10-14(22-24)16-17(26)21-19(28)23(18(16)27)8-3-9-29-2/h4-7,15,27H,3,8-10H2,1-2H3,(H,21,26,28)/t15-/m0/s1. The van der Waals surface area contributed by atoms with Gasteiger partial charge < -0.3 is 9.84 Å². The van der Waals surface area contributed by atoms with Crippen molar-refractivity contribution < 1.29 is 14.6 Å². The first kappa shape index (κ1) is 20.8. The van der Waals surface area contributed by atoms with Gasteiger partial charge in [0.2, 0.25) is 11.8 Å². The number of hydrogen-bond donors (Lipinski definition) is 2. The molecule has 0 saturated carbocycles. The van der Waals surface area contributed by atoms with Crippen molar-refractivity contribution in [3.05, 3.63) is 61.3 Å². The van der Waals surface area contributed by atoms with Gasteiger partial charge in [-0.15, -0.1) is 0 Å². The Balaban J connectivity index is 2.01. The molecule has 10 heteroatoms. The van der Waals surface area contributed by atoms with Gasteiger partial charge in [-0.3, -0.25) is 19.1 Å². The van der Waals surface area contributed by atoms with Crippen LogP contribution in [0.1, 0.15) is 36.9 Å². The number of aromatic nitrogens is 2. The predicted octanol–water partition coefficient (Wildman–Crippen LogP) is 1.63. The molecule has 0 unspecified atom stereocenters. The van der Waals surface area contributed by atoms with Crippen molar-refractivity contribution in [3.63, 3.8) is 0 Å². The normalized spacial score (nSPS) is 16.2. The van der Waals surface area contributed by atoms with E-state index in [0.717, 1.165) is 10.1 Å². The van der Waals surface area contributed by atoms with E-state index in [0.29, 0.717) is 18.1 Å². The number of nitrogens with one attached hydrogen (secondary N) is 1. The number of carbonyl (C=O) groups excluding carboxylic acids is 1. The zero-order valence-electron chi connectivity index (χ0n) is 16.0. The summed E-state index contributed by atoms with van der Waals surface area (Å²) in [6.45, 7) is 1.91. The van der Waals surface area contributed by atoms with Crippen LogP contribution in [0.15, 0.2) is 39.0 Å². The summed E-state index contributed by atoms with van der Waals surface area (Å²) in [6, 6.07) is 6.50. The Hall–Kier alpha value is -2.91. The Bertz CT molecular complexity index is 1060. The molecule has 0 fully saturated rings. The number of aromatic hydroxyl groups is 1. The van der Waals surface area contributed by atoms with Gasteiger partial charge in [0.1, 0.15) is 5.56 Å². The molecule has 1 aromatic heterocycles. The van der Waals surface area contributed by atoms with Gasteiger partial charge in [0, 0.05) is 38.6 Å². The fourth-order valence-corrected chi connectivity index (χ4v) is 3.42. The second kappa shape index (κ2) is 8.62. The van der Waals surface area contributed by atoms with Crippen LogP contribution in [-0.4, -0.2) is 45.0 Å². The molecule has 9 nitrogen and oxygen atoms in total. The van der Waals surface area contributed by atoms with E-state index in [1.165, 1.54) is 19.0 Å². The lowest BCUT2D eigenvalue weighted by Gasteiger charge is -2.20. The first-order valence-corrected chi connectivity index (χ1v) is 9.39. The zero-order valence-corrected chi connectivity index (χ0v) is 16.8. The van der Waals surface area contributed by atoms with Crippen molar-refractivity contribution >= 4 is 23.2 Å². The fourth-order valence-electron chi connectivity index (χ4n) is 3.29. The molecule has 29 heavy (non-hydrogen) atoms. The highest BCUT2D eigenvalue weighted by atomic mass is 35.5. The van der Waals surface area contributed by atoms with E-state index >= 15 is 0 Å². The average molecular weight is 421 g/mol. The molecule has 1 amide bonds. The molecule has 0 aliphatic carbocycles. The van der Waals surface area contributed by atoms with Gasteiger partial charge >= 0.3 is 5.69 Å². The molecule has 3 rings (SSSR count). The topological polar surface area (TPSA) is 117 Å². The minimum absolute atomic E-state index is 0.121. The Labute approximate surface area is 171 Å². The number of nitrogens with zero attached hydrogens (tertiary/aromatic N) is 3. The first-order valence-electron chi connectivity index (χ1n) is 9.01. The highest BCUT2D eigenvalue weighted by molar-refractivity contribution is 6.30. The molecule has 0 radical (unpaired) electrons. The average Bonchev–Trinajstić information content (AvgIpc) is 3.10. The molecule has 0 spiro atoms. The van der Waals surface area contributed by atoms with E-state index in [9.17, 15) is 19.5 Å². The van der Waals surface area contributed by atoms with Gasteiger partial charge in [0.05, 0.1) is 11.8 Å². The van der Waals surface area contributed by atoms with Gasteiger partial charge in [-0.25, -0.2) is 9.80 Å². The fraction of sp³-hybridized carbons (Fsp3) is 0.368. The maximum Gasteiger partial charge on any atom is 0.331 e. The summed E-state index contributed by atoms with van der Waals surface area (Å²) in [7, 11) is 1.53. The van der Waals surface area contributed by atoms with E-state index in [2.05, 4.69) is 10.1 Å². The molecule has 1 aliphatic rings. The number of hydrazone groups is 1. The summed E-state index contributed by atoms with van der Waals surface area (Å²) in [5, 5.41) is 16.7. The Morgan fingerprint density at radius 3 is 2.66 bits per heavy atom. The summed E-state index contributed by atoms with van der Waals surface area (Å²) >= 11 is 5.94. The number of halogens is 1. The van der Waals surface area contributed by atoms with Crippen LogP contribution in [0.3, 0.4) is 0 Å². The molecule has 1 aliphatic heterocycles. The summed E-state index contributed by atoms with van der Waals surface area (Å²) in [5.74, 6) is -0.793. The summed E-state index contributed by atoms with van der Waals surface area (Å²) in [5.41, 5.74) is -0.588. The van der Waals surface area contributed by atoms with Gasteiger partial charge in [0.15, 0.2) is 0 Å². The minimum atomic E-state index is -0.755. The molecule has 2 N–H and O–H groups in total. The number of carbonyl (C=O) groups is 1. The van der Waals surface area contributed by atoms with Gasteiger partial charge in [-0.05, 0) is 24.1 Å². The maximum atomic E-state index is 12.4. The highest BCUT2D eigenvalue weighted by Crippen LogP contribution is 2.34. The lowest BCUT2D eigenvalue weighted by molar-refractivity contribution is -0.130. The monoisotopic (exact) mass is 420 g/mol.